The average Bonchev–Trinajstić information content (AvgIpc) is 3.50. The third kappa shape index (κ3) is 6.50. The highest BCUT2D eigenvalue weighted by atomic mass is 31.2. The molecule has 4 N–H and O–H groups in total. The van der Waals surface area contributed by atoms with Crippen LogP contribution in [-0.2, 0) is 23.4 Å². The highest BCUT2D eigenvalue weighted by molar-refractivity contribution is 7.52. The fourth-order valence-corrected chi connectivity index (χ4v) is 5.90. The standard InChI is InChI=1S/C25H30N3O10P/c1-3-25(33)21(30)19(37-23(25)28-14-13-20(29)26-24(28)32)15-35-39(34,38-18-11-5-4-6-12-18)27-16(2)22(31)36-17-9-7-8-10-17/h1,4-6,11-14,16-17,19,21,23,30,33H,7-10,15H2,2H3,(H,27,34)(H,26,29,32)/t16-,19?,21+,23+,25+,39?/m0/s1. The number of terminal acetylenes is 1. The lowest BCUT2D eigenvalue weighted by Crippen LogP contribution is -2.48. The zero-order valence-electron chi connectivity index (χ0n) is 21.1. The predicted octanol–water partition coefficient (Wildman–Crippen LogP) is 0.827. The van der Waals surface area contributed by atoms with E-state index in [0.717, 1.165) is 42.5 Å². The van der Waals surface area contributed by atoms with Crippen molar-refractivity contribution in [3.63, 3.8) is 0 Å². The summed E-state index contributed by atoms with van der Waals surface area (Å²) in [6.07, 6.45) is 4.90. The molecule has 2 fully saturated rings. The highest BCUT2D eigenvalue weighted by Gasteiger charge is 2.56. The molecule has 0 spiro atoms. The molecule has 4 rings (SSSR count). The van der Waals surface area contributed by atoms with Crippen LogP contribution in [-0.4, -0.2) is 62.3 Å². The molecule has 1 aliphatic heterocycles. The number of para-hydroxylation sites is 1. The molecular weight excluding hydrogens is 533 g/mol. The van der Waals surface area contributed by atoms with E-state index >= 15 is 0 Å². The van der Waals surface area contributed by atoms with Gasteiger partial charge in [-0.2, -0.15) is 5.09 Å². The monoisotopic (exact) mass is 563 g/mol. The summed E-state index contributed by atoms with van der Waals surface area (Å²) in [5.41, 5.74) is -4.04. The molecule has 0 bridgehead atoms. The van der Waals surface area contributed by atoms with Crippen LogP contribution in [0.4, 0.5) is 0 Å². The van der Waals surface area contributed by atoms with E-state index in [-0.39, 0.29) is 11.9 Å². The summed E-state index contributed by atoms with van der Waals surface area (Å²) in [6, 6.07) is 7.96. The van der Waals surface area contributed by atoms with Crippen molar-refractivity contribution in [2.75, 3.05) is 6.61 Å². The Bertz CT molecular complexity index is 1370. The van der Waals surface area contributed by atoms with Crippen LogP contribution in [0.15, 0.2) is 52.2 Å². The van der Waals surface area contributed by atoms with E-state index in [2.05, 4.69) is 5.09 Å². The lowest BCUT2D eigenvalue weighted by atomic mass is 9.95. The number of aromatic nitrogens is 2. The fourth-order valence-electron chi connectivity index (χ4n) is 4.39. The number of esters is 1. The predicted molar refractivity (Wildman–Crippen MR) is 137 cm³/mol. The molecule has 0 radical (unpaired) electrons. The minimum absolute atomic E-state index is 0.162. The molecule has 210 valence electrons. The Morgan fingerprint density at radius 1 is 1.31 bits per heavy atom. The van der Waals surface area contributed by atoms with Crippen LogP contribution in [0.2, 0.25) is 0 Å². The molecule has 1 aromatic carbocycles. The third-order valence-corrected chi connectivity index (χ3v) is 8.13. The lowest BCUT2D eigenvalue weighted by molar-refractivity contribution is -0.150. The number of aliphatic hydroxyl groups is 2. The number of rotatable bonds is 10. The molecule has 2 aromatic rings. The smallest absolute Gasteiger partial charge is 0.459 e. The normalized spacial score (nSPS) is 27.4. The maximum atomic E-state index is 13.8. The molecule has 1 saturated carbocycles. The number of aromatic amines is 1. The fraction of sp³-hybridized carbons (Fsp3) is 0.480. The van der Waals surface area contributed by atoms with Crippen LogP contribution in [0, 0.1) is 12.3 Å². The first-order valence-corrected chi connectivity index (χ1v) is 13.9. The molecule has 1 saturated heterocycles. The van der Waals surface area contributed by atoms with Crippen LogP contribution in [0.1, 0.15) is 38.8 Å². The summed E-state index contributed by atoms with van der Waals surface area (Å²) in [5.74, 6) is 1.55. The third-order valence-electron chi connectivity index (χ3n) is 6.49. The molecule has 13 nitrogen and oxygen atoms in total. The number of ether oxygens (including phenoxy) is 2. The van der Waals surface area contributed by atoms with Crippen molar-refractivity contribution in [2.45, 2.75) is 68.8 Å². The SMILES string of the molecule is C#C[C@@]1(O)[C@H](O)C(COP(=O)(N[C@@H](C)C(=O)OC2CCCC2)Oc2ccccc2)O[C@H]1n1ccc(=O)[nH]c1=O. The second kappa shape index (κ2) is 11.9. The van der Waals surface area contributed by atoms with Crippen LogP contribution in [0.5, 0.6) is 5.75 Å². The zero-order chi connectivity index (χ0) is 28.2. The van der Waals surface area contributed by atoms with Gasteiger partial charge in [-0.15, -0.1) is 6.42 Å². The van der Waals surface area contributed by atoms with Gasteiger partial charge in [0.05, 0.1) is 6.61 Å². The van der Waals surface area contributed by atoms with Crippen molar-refractivity contribution in [3.05, 3.63) is 63.4 Å². The van der Waals surface area contributed by atoms with Gasteiger partial charge in [0, 0.05) is 12.3 Å². The second-order valence-corrected chi connectivity index (χ2v) is 11.0. The van der Waals surface area contributed by atoms with E-state index in [0.29, 0.717) is 0 Å². The van der Waals surface area contributed by atoms with E-state index in [1.807, 2.05) is 10.9 Å². The Labute approximate surface area is 223 Å². The van der Waals surface area contributed by atoms with Crippen LogP contribution < -0.4 is 20.9 Å². The van der Waals surface area contributed by atoms with Gasteiger partial charge in [0.15, 0.2) is 11.8 Å². The van der Waals surface area contributed by atoms with Crippen LogP contribution in [0.3, 0.4) is 0 Å². The summed E-state index contributed by atoms with van der Waals surface area (Å²) in [7, 11) is -4.32. The number of H-pyrrole nitrogens is 1. The number of hydrogen-bond donors (Lipinski definition) is 4. The van der Waals surface area contributed by atoms with Gasteiger partial charge in [-0.3, -0.25) is 23.7 Å². The average molecular weight is 564 g/mol. The number of carbonyl (C=O) groups is 1. The van der Waals surface area contributed by atoms with Gasteiger partial charge in [-0.25, -0.2) is 9.36 Å². The molecule has 0 amide bonds. The topological polar surface area (TPSA) is 178 Å². The van der Waals surface area contributed by atoms with E-state index in [1.54, 1.807) is 18.2 Å². The van der Waals surface area contributed by atoms with Gasteiger partial charge in [0.2, 0.25) is 0 Å². The molecule has 2 aliphatic rings. The Morgan fingerprint density at radius 3 is 2.64 bits per heavy atom. The van der Waals surface area contributed by atoms with Gasteiger partial charge in [-0.05, 0) is 44.7 Å². The lowest BCUT2D eigenvalue weighted by Gasteiger charge is -2.26. The minimum Gasteiger partial charge on any atom is -0.461 e. The number of nitrogens with one attached hydrogen (secondary N) is 2. The van der Waals surface area contributed by atoms with Crippen molar-refractivity contribution >= 4 is 13.7 Å². The Hall–Kier alpha value is -3.24. The Kier molecular flexibility index (Phi) is 8.76. The summed E-state index contributed by atoms with van der Waals surface area (Å²) >= 11 is 0. The first-order chi connectivity index (χ1) is 18.5. The van der Waals surface area contributed by atoms with Crippen molar-refractivity contribution in [2.24, 2.45) is 0 Å². The van der Waals surface area contributed by atoms with E-state index < -0.39 is 61.7 Å². The molecule has 1 aliphatic carbocycles. The van der Waals surface area contributed by atoms with E-state index in [9.17, 15) is 29.2 Å². The molecule has 2 unspecified atom stereocenters. The van der Waals surface area contributed by atoms with Crippen molar-refractivity contribution in [1.82, 2.24) is 14.6 Å². The zero-order valence-corrected chi connectivity index (χ0v) is 22.0. The summed E-state index contributed by atoms with van der Waals surface area (Å²) in [4.78, 5) is 38.4. The maximum absolute atomic E-state index is 13.8. The van der Waals surface area contributed by atoms with Crippen LogP contribution in [0.25, 0.3) is 0 Å². The summed E-state index contributed by atoms with van der Waals surface area (Å²) in [5, 5.41) is 24.3. The van der Waals surface area contributed by atoms with Crippen LogP contribution >= 0.6 is 7.75 Å². The Balaban J connectivity index is 1.52. The Morgan fingerprint density at radius 2 is 2.00 bits per heavy atom. The molecular formula is C25H30N3O10P. The van der Waals surface area contributed by atoms with Gasteiger partial charge in [0.1, 0.15) is 30.1 Å². The number of benzene rings is 1. The van der Waals surface area contributed by atoms with Crippen molar-refractivity contribution in [3.8, 4) is 18.1 Å². The number of hydrogen-bond acceptors (Lipinski definition) is 10. The molecule has 2 heterocycles. The largest absolute Gasteiger partial charge is 0.461 e. The molecule has 14 heteroatoms. The molecule has 39 heavy (non-hydrogen) atoms. The number of aliphatic hydroxyl groups excluding tert-OH is 1. The minimum atomic E-state index is -4.32. The highest BCUT2D eigenvalue weighted by Crippen LogP contribution is 2.47. The van der Waals surface area contributed by atoms with E-state index in [1.165, 1.54) is 19.1 Å². The van der Waals surface area contributed by atoms with Gasteiger partial charge in [-0.1, -0.05) is 24.1 Å². The molecule has 6 atom stereocenters. The first kappa shape index (κ1) is 28.8. The number of nitrogens with zero attached hydrogens (tertiary/aromatic N) is 1. The van der Waals surface area contributed by atoms with Gasteiger partial charge in [0.25, 0.3) is 5.56 Å². The van der Waals surface area contributed by atoms with Gasteiger partial charge >= 0.3 is 19.4 Å². The van der Waals surface area contributed by atoms with Gasteiger partial charge < -0.3 is 24.2 Å². The summed E-state index contributed by atoms with van der Waals surface area (Å²) < 4.78 is 36.9. The maximum Gasteiger partial charge on any atom is 0.459 e. The second-order valence-electron chi connectivity index (χ2n) is 9.35. The van der Waals surface area contributed by atoms with Crippen molar-refractivity contribution < 1.29 is 38.1 Å². The summed E-state index contributed by atoms with van der Waals surface area (Å²) in [6.45, 7) is 0.805. The quantitative estimate of drug-likeness (QED) is 0.183. The van der Waals surface area contributed by atoms with Crippen molar-refractivity contribution in [1.29, 1.82) is 0 Å². The molecule has 1 aromatic heterocycles. The van der Waals surface area contributed by atoms with E-state index in [4.69, 9.17) is 24.9 Å². The first-order valence-electron chi connectivity index (χ1n) is 12.4. The number of carbonyl (C=O) groups excluding carboxylic acids is 1.